The minimum Gasteiger partial charge on any atom is -0.481 e. The second-order valence-electron chi connectivity index (χ2n) is 8.48. The van der Waals surface area contributed by atoms with Gasteiger partial charge in [0.25, 0.3) is 0 Å². The summed E-state index contributed by atoms with van der Waals surface area (Å²) in [5.74, 6) is -0.664. The van der Waals surface area contributed by atoms with Gasteiger partial charge in [0.05, 0.1) is 18.4 Å². The summed E-state index contributed by atoms with van der Waals surface area (Å²) < 4.78 is 0. The van der Waals surface area contributed by atoms with Crippen LogP contribution >= 0.6 is 0 Å². The van der Waals surface area contributed by atoms with Crippen LogP contribution in [0.3, 0.4) is 0 Å². The molecule has 30 heavy (non-hydrogen) atoms. The van der Waals surface area contributed by atoms with Gasteiger partial charge in [-0.1, -0.05) is 30.3 Å². The summed E-state index contributed by atoms with van der Waals surface area (Å²) in [6, 6.07) is 8.61. The third-order valence-corrected chi connectivity index (χ3v) is 6.27. The van der Waals surface area contributed by atoms with E-state index in [9.17, 15) is 19.5 Å². The van der Waals surface area contributed by atoms with E-state index in [-0.39, 0.29) is 24.2 Å². The molecule has 2 aliphatic heterocycles. The molecule has 7 heteroatoms. The Hall–Kier alpha value is -2.41. The highest BCUT2D eigenvalue weighted by molar-refractivity contribution is 5.82. The number of rotatable bonds is 8. The summed E-state index contributed by atoms with van der Waals surface area (Å²) >= 11 is 0. The Bertz CT molecular complexity index is 718. The summed E-state index contributed by atoms with van der Waals surface area (Å²) in [7, 11) is 0. The normalized spacial score (nSPS) is 21.1. The van der Waals surface area contributed by atoms with Crippen LogP contribution in [0.2, 0.25) is 0 Å². The average Bonchev–Trinajstić information content (AvgIpc) is 2.78. The van der Waals surface area contributed by atoms with E-state index in [2.05, 4.69) is 10.6 Å². The van der Waals surface area contributed by atoms with Crippen LogP contribution in [0.25, 0.3) is 0 Å². The first kappa shape index (κ1) is 22.3. The Kier molecular flexibility index (Phi) is 8.25. The van der Waals surface area contributed by atoms with Crippen molar-refractivity contribution in [2.24, 2.45) is 11.8 Å². The molecule has 2 unspecified atom stereocenters. The quantitative estimate of drug-likeness (QED) is 0.605. The fraction of sp³-hybridized carbons (Fsp3) is 0.609. The Morgan fingerprint density at radius 2 is 1.87 bits per heavy atom. The number of nitrogens with zero attached hydrogens (tertiary/aromatic N) is 1. The predicted octanol–water partition coefficient (Wildman–Crippen LogP) is 2.34. The molecule has 1 aromatic carbocycles. The number of carbonyl (C=O) groups is 3. The second-order valence-corrected chi connectivity index (χ2v) is 8.48. The van der Waals surface area contributed by atoms with E-state index < -0.39 is 12.0 Å². The molecule has 0 aromatic heterocycles. The number of hydrogen-bond acceptors (Lipinski definition) is 4. The van der Waals surface area contributed by atoms with Crippen molar-refractivity contribution in [3.63, 3.8) is 0 Å². The first-order valence-corrected chi connectivity index (χ1v) is 11.1. The topological polar surface area (TPSA) is 98.7 Å². The molecule has 2 aliphatic rings. The van der Waals surface area contributed by atoms with Gasteiger partial charge in [0.15, 0.2) is 0 Å². The molecular weight excluding hydrogens is 382 g/mol. The molecule has 164 valence electrons. The van der Waals surface area contributed by atoms with Crippen molar-refractivity contribution in [1.82, 2.24) is 15.5 Å². The molecule has 7 nitrogen and oxygen atoms in total. The SMILES string of the molecule is O=C(O)CC(NC(=O)C1CCCN(C(=O)CCC2CCNCC2)C1)c1ccccc1. The van der Waals surface area contributed by atoms with E-state index in [0.717, 1.165) is 50.8 Å². The number of hydrogen-bond donors (Lipinski definition) is 3. The first-order chi connectivity index (χ1) is 14.5. The molecular formula is C23H33N3O4. The Balaban J connectivity index is 1.53. The van der Waals surface area contributed by atoms with Crippen molar-refractivity contribution in [3.05, 3.63) is 35.9 Å². The molecule has 2 saturated heterocycles. The van der Waals surface area contributed by atoms with Gasteiger partial charge in [0.2, 0.25) is 11.8 Å². The molecule has 3 rings (SSSR count). The highest BCUT2D eigenvalue weighted by atomic mass is 16.4. The lowest BCUT2D eigenvalue weighted by atomic mass is 9.92. The van der Waals surface area contributed by atoms with E-state index in [1.54, 1.807) is 0 Å². The maximum atomic E-state index is 12.9. The molecule has 0 saturated carbocycles. The van der Waals surface area contributed by atoms with Gasteiger partial charge in [-0.15, -0.1) is 0 Å². The number of amides is 2. The second kappa shape index (κ2) is 11.1. The summed E-state index contributed by atoms with van der Waals surface area (Å²) in [4.78, 5) is 38.7. The van der Waals surface area contributed by atoms with Crippen molar-refractivity contribution >= 4 is 17.8 Å². The minimum atomic E-state index is -0.956. The Morgan fingerprint density at radius 3 is 2.57 bits per heavy atom. The summed E-state index contributed by atoms with van der Waals surface area (Å²) in [6.45, 7) is 3.19. The highest BCUT2D eigenvalue weighted by Crippen LogP contribution is 2.23. The van der Waals surface area contributed by atoms with Crippen LogP contribution in [0.15, 0.2) is 30.3 Å². The average molecular weight is 416 g/mol. The number of piperidine rings is 2. The molecule has 2 atom stereocenters. The highest BCUT2D eigenvalue weighted by Gasteiger charge is 2.30. The zero-order chi connectivity index (χ0) is 21.3. The molecule has 2 heterocycles. The summed E-state index contributed by atoms with van der Waals surface area (Å²) in [5.41, 5.74) is 0.777. The van der Waals surface area contributed by atoms with Gasteiger partial charge in [0, 0.05) is 19.5 Å². The molecule has 2 amide bonds. The number of nitrogens with one attached hydrogen (secondary N) is 2. The monoisotopic (exact) mass is 415 g/mol. The third kappa shape index (κ3) is 6.55. The van der Waals surface area contributed by atoms with Gasteiger partial charge < -0.3 is 20.6 Å². The Morgan fingerprint density at radius 1 is 1.13 bits per heavy atom. The van der Waals surface area contributed by atoms with Crippen LogP contribution < -0.4 is 10.6 Å². The van der Waals surface area contributed by atoms with Crippen LogP contribution in [0, 0.1) is 11.8 Å². The van der Waals surface area contributed by atoms with Crippen LogP contribution in [0.5, 0.6) is 0 Å². The van der Waals surface area contributed by atoms with Crippen LogP contribution in [-0.4, -0.2) is 54.0 Å². The third-order valence-electron chi connectivity index (χ3n) is 6.27. The molecule has 0 aliphatic carbocycles. The van der Waals surface area contributed by atoms with Gasteiger partial charge in [-0.25, -0.2) is 0 Å². The van der Waals surface area contributed by atoms with Crippen LogP contribution in [0.4, 0.5) is 0 Å². The number of likely N-dealkylation sites (tertiary alicyclic amines) is 1. The number of carboxylic acid groups (broad SMARTS) is 1. The lowest BCUT2D eigenvalue weighted by Gasteiger charge is -2.33. The van der Waals surface area contributed by atoms with E-state index in [1.165, 1.54) is 0 Å². The predicted molar refractivity (Wildman–Crippen MR) is 114 cm³/mol. The maximum absolute atomic E-state index is 12.9. The van der Waals surface area contributed by atoms with Gasteiger partial charge in [-0.05, 0) is 56.7 Å². The number of carbonyl (C=O) groups excluding carboxylic acids is 2. The smallest absolute Gasteiger partial charge is 0.305 e. The van der Waals surface area contributed by atoms with E-state index >= 15 is 0 Å². The molecule has 0 radical (unpaired) electrons. The largest absolute Gasteiger partial charge is 0.481 e. The zero-order valence-electron chi connectivity index (χ0n) is 17.5. The molecule has 3 N–H and O–H groups in total. The number of aliphatic carboxylic acids is 1. The lowest BCUT2D eigenvalue weighted by Crippen LogP contribution is -2.46. The van der Waals surface area contributed by atoms with Crippen LogP contribution in [0.1, 0.15) is 56.6 Å². The van der Waals surface area contributed by atoms with E-state index in [0.29, 0.717) is 25.4 Å². The van der Waals surface area contributed by atoms with Gasteiger partial charge in [-0.2, -0.15) is 0 Å². The number of carboxylic acids is 1. The van der Waals surface area contributed by atoms with Crippen molar-refractivity contribution in [2.75, 3.05) is 26.2 Å². The maximum Gasteiger partial charge on any atom is 0.305 e. The molecule has 0 bridgehead atoms. The first-order valence-electron chi connectivity index (χ1n) is 11.1. The van der Waals surface area contributed by atoms with Crippen molar-refractivity contribution < 1.29 is 19.5 Å². The van der Waals surface area contributed by atoms with Gasteiger partial charge >= 0.3 is 5.97 Å². The minimum absolute atomic E-state index is 0.135. The van der Waals surface area contributed by atoms with Gasteiger partial charge in [-0.3, -0.25) is 14.4 Å². The van der Waals surface area contributed by atoms with Crippen LogP contribution in [-0.2, 0) is 14.4 Å². The molecule has 2 fully saturated rings. The summed E-state index contributed by atoms with van der Waals surface area (Å²) in [5, 5.41) is 15.5. The fourth-order valence-corrected chi connectivity index (χ4v) is 4.48. The van der Waals surface area contributed by atoms with Crippen molar-refractivity contribution in [1.29, 1.82) is 0 Å². The van der Waals surface area contributed by atoms with Gasteiger partial charge in [0.1, 0.15) is 0 Å². The van der Waals surface area contributed by atoms with Crippen molar-refractivity contribution in [2.45, 2.75) is 51.0 Å². The molecule has 0 spiro atoms. The zero-order valence-corrected chi connectivity index (χ0v) is 17.5. The molecule has 1 aromatic rings. The number of benzene rings is 1. The standard InChI is InChI=1S/C23H33N3O4/c27-21(9-8-17-10-12-24-13-11-17)26-14-4-7-19(16-26)23(30)25-20(15-22(28)29)18-5-2-1-3-6-18/h1-3,5-6,17,19-20,24H,4,7-16H2,(H,25,30)(H,28,29). The lowest BCUT2D eigenvalue weighted by molar-refractivity contribution is -0.138. The Labute approximate surface area is 178 Å². The summed E-state index contributed by atoms with van der Waals surface area (Å²) in [6.07, 6.45) is 5.07. The van der Waals surface area contributed by atoms with E-state index in [4.69, 9.17) is 0 Å². The van der Waals surface area contributed by atoms with Crippen molar-refractivity contribution in [3.8, 4) is 0 Å². The fourth-order valence-electron chi connectivity index (χ4n) is 4.48. The van der Waals surface area contributed by atoms with E-state index in [1.807, 2.05) is 35.2 Å².